The molecule has 0 heterocycles. The first-order chi connectivity index (χ1) is 7.43. The standard InChI is InChI=1S/C7H16N2S.C5H12O/c1-6(2)4-5-9-7(10)8-3;1-5(2)3-4-6/h6H,4-5H2,1-3H3,(H2,8,9,10);5-6H,3-4H2,1-2H3. The van der Waals surface area contributed by atoms with Gasteiger partial charge in [-0.05, 0) is 36.9 Å². The maximum absolute atomic E-state index is 8.24. The van der Waals surface area contributed by atoms with Gasteiger partial charge in [0.2, 0.25) is 0 Å². The van der Waals surface area contributed by atoms with E-state index in [2.05, 4.69) is 38.3 Å². The van der Waals surface area contributed by atoms with E-state index in [-0.39, 0.29) is 0 Å². The van der Waals surface area contributed by atoms with Crippen molar-refractivity contribution in [3.05, 3.63) is 0 Å². The highest BCUT2D eigenvalue weighted by Crippen LogP contribution is 1.95. The molecule has 0 aliphatic rings. The number of nitrogens with one attached hydrogen (secondary N) is 2. The summed E-state index contributed by atoms with van der Waals surface area (Å²) in [6.45, 7) is 9.88. The van der Waals surface area contributed by atoms with Crippen LogP contribution in [-0.4, -0.2) is 30.4 Å². The van der Waals surface area contributed by atoms with Gasteiger partial charge in [0.05, 0.1) is 0 Å². The number of hydrogen-bond donors (Lipinski definition) is 3. The summed E-state index contributed by atoms with van der Waals surface area (Å²) in [4.78, 5) is 0. The lowest BCUT2D eigenvalue weighted by Crippen LogP contribution is -2.33. The van der Waals surface area contributed by atoms with E-state index in [9.17, 15) is 0 Å². The molecule has 0 aliphatic carbocycles. The molecule has 0 aromatic carbocycles. The third-order valence-electron chi connectivity index (χ3n) is 1.94. The molecule has 0 aromatic heterocycles. The molecule has 98 valence electrons. The Morgan fingerprint density at radius 1 is 1.12 bits per heavy atom. The topological polar surface area (TPSA) is 44.3 Å². The van der Waals surface area contributed by atoms with Gasteiger partial charge in [-0.25, -0.2) is 0 Å². The van der Waals surface area contributed by atoms with E-state index in [4.69, 9.17) is 17.3 Å². The summed E-state index contributed by atoms with van der Waals surface area (Å²) in [6.07, 6.45) is 2.10. The summed E-state index contributed by atoms with van der Waals surface area (Å²) >= 11 is 4.89. The zero-order valence-corrected chi connectivity index (χ0v) is 12.2. The van der Waals surface area contributed by atoms with E-state index in [0.717, 1.165) is 24.0 Å². The van der Waals surface area contributed by atoms with Gasteiger partial charge < -0.3 is 15.7 Å². The third-order valence-corrected chi connectivity index (χ3v) is 2.29. The fourth-order valence-electron chi connectivity index (χ4n) is 0.821. The molecule has 0 unspecified atom stereocenters. The van der Waals surface area contributed by atoms with Gasteiger partial charge in [0.25, 0.3) is 0 Å². The van der Waals surface area contributed by atoms with Crippen LogP contribution in [-0.2, 0) is 0 Å². The molecule has 3 nitrogen and oxygen atoms in total. The summed E-state index contributed by atoms with van der Waals surface area (Å²) in [7, 11) is 1.82. The van der Waals surface area contributed by atoms with Crippen molar-refractivity contribution in [1.82, 2.24) is 10.6 Å². The fourth-order valence-corrected chi connectivity index (χ4v) is 0.923. The summed E-state index contributed by atoms with van der Waals surface area (Å²) in [5, 5.41) is 14.9. The molecule has 0 spiro atoms. The van der Waals surface area contributed by atoms with Crippen LogP contribution in [0.2, 0.25) is 0 Å². The Bertz CT molecular complexity index is 161. The minimum atomic E-state index is 0.331. The number of hydrogen-bond acceptors (Lipinski definition) is 2. The second kappa shape index (κ2) is 12.7. The van der Waals surface area contributed by atoms with Crippen molar-refractivity contribution < 1.29 is 5.11 Å². The highest BCUT2D eigenvalue weighted by molar-refractivity contribution is 7.80. The van der Waals surface area contributed by atoms with Crippen molar-refractivity contribution in [2.75, 3.05) is 20.2 Å². The zero-order valence-electron chi connectivity index (χ0n) is 11.3. The van der Waals surface area contributed by atoms with E-state index >= 15 is 0 Å². The Hall–Kier alpha value is -0.350. The molecule has 0 aromatic rings. The molecule has 0 fully saturated rings. The molecule has 0 radical (unpaired) electrons. The Labute approximate surface area is 106 Å². The van der Waals surface area contributed by atoms with E-state index in [1.54, 1.807) is 0 Å². The van der Waals surface area contributed by atoms with Crippen molar-refractivity contribution in [2.45, 2.75) is 40.5 Å². The van der Waals surface area contributed by atoms with Crippen molar-refractivity contribution in [2.24, 2.45) is 11.8 Å². The van der Waals surface area contributed by atoms with Crippen molar-refractivity contribution in [3.63, 3.8) is 0 Å². The van der Waals surface area contributed by atoms with Crippen LogP contribution in [0.15, 0.2) is 0 Å². The van der Waals surface area contributed by atoms with Crippen LogP contribution in [0.4, 0.5) is 0 Å². The lowest BCUT2D eigenvalue weighted by atomic mass is 10.1. The molecular formula is C12H28N2OS. The second-order valence-corrected chi connectivity index (χ2v) is 5.00. The van der Waals surface area contributed by atoms with Crippen LogP contribution in [0.3, 0.4) is 0 Å². The maximum Gasteiger partial charge on any atom is 0.166 e. The molecule has 0 bridgehead atoms. The first kappa shape index (κ1) is 18.0. The van der Waals surface area contributed by atoms with Gasteiger partial charge in [-0.2, -0.15) is 0 Å². The number of rotatable bonds is 5. The van der Waals surface area contributed by atoms with Crippen molar-refractivity contribution in [3.8, 4) is 0 Å². The number of aliphatic hydroxyl groups excluding tert-OH is 1. The molecular weight excluding hydrogens is 220 g/mol. The minimum Gasteiger partial charge on any atom is -0.396 e. The number of aliphatic hydroxyl groups is 1. The maximum atomic E-state index is 8.24. The van der Waals surface area contributed by atoms with E-state index in [0.29, 0.717) is 12.5 Å². The van der Waals surface area contributed by atoms with Crippen LogP contribution in [0.5, 0.6) is 0 Å². The quantitative estimate of drug-likeness (QED) is 0.652. The second-order valence-electron chi connectivity index (χ2n) is 4.59. The lowest BCUT2D eigenvalue weighted by Gasteiger charge is -2.07. The summed E-state index contributed by atoms with van der Waals surface area (Å²) < 4.78 is 0. The average molecular weight is 248 g/mol. The average Bonchev–Trinajstić information content (AvgIpc) is 2.17. The van der Waals surface area contributed by atoms with E-state index in [1.807, 2.05) is 7.05 Å². The third kappa shape index (κ3) is 19.3. The predicted molar refractivity (Wildman–Crippen MR) is 75.7 cm³/mol. The van der Waals surface area contributed by atoms with Gasteiger partial charge in [-0.15, -0.1) is 0 Å². The van der Waals surface area contributed by atoms with Gasteiger partial charge in [0.15, 0.2) is 5.11 Å². The molecule has 0 rings (SSSR count). The predicted octanol–water partition coefficient (Wildman–Crippen LogP) is 2.15. The Balaban J connectivity index is 0. The van der Waals surface area contributed by atoms with Crippen LogP contribution in [0.25, 0.3) is 0 Å². The molecule has 4 heteroatoms. The lowest BCUT2D eigenvalue weighted by molar-refractivity contribution is 0.268. The first-order valence-electron chi connectivity index (χ1n) is 6.00. The highest BCUT2D eigenvalue weighted by atomic mass is 32.1. The van der Waals surface area contributed by atoms with Gasteiger partial charge >= 0.3 is 0 Å². The minimum absolute atomic E-state index is 0.331. The Morgan fingerprint density at radius 2 is 1.62 bits per heavy atom. The normalized spacial score (nSPS) is 9.75. The summed E-state index contributed by atoms with van der Waals surface area (Å²) in [5.74, 6) is 1.39. The summed E-state index contributed by atoms with van der Waals surface area (Å²) in [5.41, 5.74) is 0. The van der Waals surface area contributed by atoms with Crippen LogP contribution in [0.1, 0.15) is 40.5 Å². The fraction of sp³-hybridized carbons (Fsp3) is 0.917. The van der Waals surface area contributed by atoms with Crippen LogP contribution >= 0.6 is 12.2 Å². The summed E-state index contributed by atoms with van der Waals surface area (Å²) in [6, 6.07) is 0. The van der Waals surface area contributed by atoms with E-state index in [1.165, 1.54) is 6.42 Å². The van der Waals surface area contributed by atoms with Gasteiger partial charge in [0.1, 0.15) is 0 Å². The molecule has 0 amide bonds. The van der Waals surface area contributed by atoms with Crippen molar-refractivity contribution >= 4 is 17.3 Å². The van der Waals surface area contributed by atoms with E-state index < -0.39 is 0 Å². The number of thiocarbonyl (C=S) groups is 1. The molecule has 0 aliphatic heterocycles. The Kier molecular flexibility index (Phi) is 14.3. The van der Waals surface area contributed by atoms with Gasteiger partial charge in [-0.3, -0.25) is 0 Å². The SMILES string of the molecule is CC(C)CCO.CNC(=S)NCCC(C)C. The molecule has 0 atom stereocenters. The molecule has 16 heavy (non-hydrogen) atoms. The van der Waals surface area contributed by atoms with Crippen LogP contribution < -0.4 is 10.6 Å². The largest absolute Gasteiger partial charge is 0.396 e. The van der Waals surface area contributed by atoms with Gasteiger partial charge in [0, 0.05) is 20.2 Å². The first-order valence-corrected chi connectivity index (χ1v) is 6.41. The smallest absolute Gasteiger partial charge is 0.166 e. The highest BCUT2D eigenvalue weighted by Gasteiger charge is 1.93. The molecule has 0 saturated heterocycles. The van der Waals surface area contributed by atoms with Crippen molar-refractivity contribution in [1.29, 1.82) is 0 Å². The zero-order chi connectivity index (χ0) is 13.0. The van der Waals surface area contributed by atoms with Gasteiger partial charge in [-0.1, -0.05) is 27.7 Å². The van der Waals surface area contributed by atoms with Crippen LogP contribution in [0, 0.1) is 11.8 Å². The monoisotopic (exact) mass is 248 g/mol. The molecule has 0 saturated carbocycles. The Morgan fingerprint density at radius 3 is 1.88 bits per heavy atom. The molecule has 3 N–H and O–H groups in total.